The summed E-state index contributed by atoms with van der Waals surface area (Å²) in [6.07, 6.45) is 5.14. The van der Waals surface area contributed by atoms with Crippen LogP contribution >= 0.6 is 15.9 Å². The van der Waals surface area contributed by atoms with Gasteiger partial charge in [-0.15, -0.1) is 0 Å². The van der Waals surface area contributed by atoms with Gasteiger partial charge in [-0.2, -0.15) is 0 Å². The summed E-state index contributed by atoms with van der Waals surface area (Å²) in [6, 6.07) is 6.57. The average molecular weight is 444 g/mol. The fraction of sp³-hybridized carbons (Fsp3) is 0.450. The second-order valence-electron chi connectivity index (χ2n) is 7.43. The maximum atomic E-state index is 13.3. The van der Waals surface area contributed by atoms with Gasteiger partial charge < -0.3 is 9.30 Å². The van der Waals surface area contributed by atoms with E-state index < -0.39 is 0 Å². The normalized spacial score (nSPS) is 22.8. The van der Waals surface area contributed by atoms with Crippen LogP contribution in [0.15, 0.2) is 34.0 Å². The molecule has 0 unspecified atom stereocenters. The monoisotopic (exact) mass is 443 g/mol. The van der Waals surface area contributed by atoms with Gasteiger partial charge in [0.05, 0.1) is 30.0 Å². The van der Waals surface area contributed by atoms with Gasteiger partial charge in [0.2, 0.25) is 5.96 Å². The predicted octanol–water partition coefficient (Wildman–Crippen LogP) is 3.28. The number of halogens is 1. The smallest absolute Gasteiger partial charge is 0.281 e. The number of amides is 1. The van der Waals surface area contributed by atoms with Gasteiger partial charge >= 0.3 is 0 Å². The van der Waals surface area contributed by atoms with Crippen molar-refractivity contribution in [1.29, 1.82) is 0 Å². The number of benzene rings is 1. The molecule has 2 atom stereocenters. The Bertz CT molecular complexity index is 985. The molecular formula is C20H22BrN5O2. The molecule has 0 spiro atoms. The Kier molecular flexibility index (Phi) is 4.19. The van der Waals surface area contributed by atoms with Crippen LogP contribution in [-0.2, 0) is 6.54 Å². The van der Waals surface area contributed by atoms with Crippen LogP contribution in [0, 0.1) is 0 Å². The Labute approximate surface area is 172 Å². The van der Waals surface area contributed by atoms with Crippen LogP contribution in [0.4, 0.5) is 5.82 Å². The van der Waals surface area contributed by atoms with E-state index in [9.17, 15) is 4.79 Å². The van der Waals surface area contributed by atoms with Crippen LogP contribution in [0.25, 0.3) is 0 Å². The van der Waals surface area contributed by atoms with Gasteiger partial charge in [0.1, 0.15) is 5.75 Å². The second kappa shape index (κ2) is 6.62. The van der Waals surface area contributed by atoms with Crippen LogP contribution < -0.4 is 9.64 Å². The van der Waals surface area contributed by atoms with E-state index in [2.05, 4.69) is 25.8 Å². The van der Waals surface area contributed by atoms with Crippen LogP contribution in [0.1, 0.15) is 42.2 Å². The maximum absolute atomic E-state index is 13.3. The number of hydrogen-bond donors (Lipinski definition) is 0. The second-order valence-corrected chi connectivity index (χ2v) is 8.28. The van der Waals surface area contributed by atoms with Gasteiger partial charge in [-0.05, 0) is 59.8 Å². The minimum absolute atomic E-state index is 0.0162. The summed E-state index contributed by atoms with van der Waals surface area (Å²) in [7, 11) is 1.65. The molecule has 2 aliphatic heterocycles. The van der Waals surface area contributed by atoms with Gasteiger partial charge in [0, 0.05) is 13.1 Å². The molecule has 1 fully saturated rings. The number of anilines is 1. The van der Waals surface area contributed by atoms with Gasteiger partial charge in [-0.25, -0.2) is 9.98 Å². The quantitative estimate of drug-likeness (QED) is 0.727. The minimum atomic E-state index is -0.0162. The average Bonchev–Trinajstić information content (AvgIpc) is 3.37. The number of carbonyl (C=O) groups is 1. The minimum Gasteiger partial charge on any atom is -0.496 e. The van der Waals surface area contributed by atoms with Crippen molar-refractivity contribution in [3.05, 3.63) is 40.3 Å². The Hall–Kier alpha value is -2.35. The van der Waals surface area contributed by atoms with Crippen LogP contribution in [0.2, 0.25) is 0 Å². The number of hydrogen-bond acceptors (Lipinski definition) is 5. The first-order valence-electron chi connectivity index (χ1n) is 9.68. The Morgan fingerprint density at radius 3 is 2.93 bits per heavy atom. The number of nitrogens with zero attached hydrogens (tertiary/aromatic N) is 5. The van der Waals surface area contributed by atoms with Crippen molar-refractivity contribution in [3.8, 4) is 5.75 Å². The lowest BCUT2D eigenvalue weighted by molar-refractivity contribution is 0.0836. The molecule has 2 aromatic rings. The molecule has 0 radical (unpaired) electrons. The number of guanidine groups is 1. The molecule has 7 nitrogen and oxygen atoms in total. The topological polar surface area (TPSA) is 63.0 Å². The fourth-order valence-electron chi connectivity index (χ4n) is 4.58. The lowest BCUT2D eigenvalue weighted by Crippen LogP contribution is -2.53. The number of carbonyl (C=O) groups excluding carboxylic acids is 1. The van der Waals surface area contributed by atoms with Crippen molar-refractivity contribution in [2.75, 3.05) is 18.6 Å². The standard InChI is InChI=1S/C20H22BrN5O2/c1-3-25-19(27)17-18(26-15-6-4-5-14(15)23-20(25)26)22-11-24(17)10-12-7-8-16(28-2)13(21)9-12/h7-9,11,14-15H,3-6,10H2,1-2H3/t14-,15+/m1/s1. The molecule has 1 saturated carbocycles. The largest absolute Gasteiger partial charge is 0.496 e. The highest BCUT2D eigenvalue weighted by molar-refractivity contribution is 9.10. The molecule has 146 valence electrons. The van der Waals surface area contributed by atoms with Gasteiger partial charge in [0.25, 0.3) is 5.91 Å². The Morgan fingerprint density at radius 1 is 1.32 bits per heavy atom. The highest BCUT2D eigenvalue weighted by Crippen LogP contribution is 2.40. The van der Waals surface area contributed by atoms with E-state index in [-0.39, 0.29) is 11.9 Å². The molecule has 28 heavy (non-hydrogen) atoms. The zero-order valence-electron chi connectivity index (χ0n) is 15.9. The molecule has 3 heterocycles. The molecule has 0 saturated heterocycles. The van der Waals surface area contributed by atoms with Crippen molar-refractivity contribution in [2.45, 2.75) is 44.8 Å². The Morgan fingerprint density at radius 2 is 2.18 bits per heavy atom. The number of ether oxygens (including phenoxy) is 1. The van der Waals surface area contributed by atoms with Crippen molar-refractivity contribution in [2.24, 2.45) is 4.99 Å². The number of imidazole rings is 1. The Balaban J connectivity index is 1.54. The van der Waals surface area contributed by atoms with Crippen LogP contribution in [0.5, 0.6) is 5.75 Å². The van der Waals surface area contributed by atoms with E-state index in [0.29, 0.717) is 24.8 Å². The number of rotatable bonds is 4. The predicted molar refractivity (Wildman–Crippen MR) is 110 cm³/mol. The summed E-state index contributed by atoms with van der Waals surface area (Å²) >= 11 is 3.54. The lowest BCUT2D eigenvalue weighted by Gasteiger charge is -2.35. The molecule has 0 bridgehead atoms. The first-order chi connectivity index (χ1) is 13.6. The third kappa shape index (κ3) is 2.50. The lowest BCUT2D eigenvalue weighted by atomic mass is 10.1. The molecule has 1 aromatic carbocycles. The zero-order chi connectivity index (χ0) is 19.4. The SMILES string of the molecule is CCN1C(=O)c2c(ncn2Cc2ccc(OC)c(Br)c2)N2C1=N[C@@H]1CCC[C@@H]12. The summed E-state index contributed by atoms with van der Waals surface area (Å²) in [4.78, 5) is 26.8. The van der Waals surface area contributed by atoms with E-state index in [1.165, 1.54) is 6.42 Å². The fourth-order valence-corrected chi connectivity index (χ4v) is 5.17. The molecule has 5 rings (SSSR count). The molecule has 8 heteroatoms. The third-order valence-electron chi connectivity index (χ3n) is 5.89. The van der Waals surface area contributed by atoms with E-state index in [1.54, 1.807) is 18.3 Å². The zero-order valence-corrected chi connectivity index (χ0v) is 17.5. The van der Waals surface area contributed by atoms with Gasteiger partial charge in [-0.1, -0.05) is 6.07 Å². The summed E-state index contributed by atoms with van der Waals surface area (Å²) in [6.45, 7) is 3.17. The first-order valence-corrected chi connectivity index (χ1v) is 10.5. The third-order valence-corrected chi connectivity index (χ3v) is 6.51. The molecule has 1 amide bonds. The molecule has 1 aliphatic carbocycles. The molecular weight excluding hydrogens is 422 g/mol. The highest BCUT2D eigenvalue weighted by atomic mass is 79.9. The summed E-state index contributed by atoms with van der Waals surface area (Å²) in [5, 5.41) is 0. The van der Waals surface area contributed by atoms with Crippen LogP contribution in [-0.4, -0.2) is 52.1 Å². The van der Waals surface area contributed by atoms with Crippen molar-refractivity contribution < 1.29 is 9.53 Å². The summed E-state index contributed by atoms with van der Waals surface area (Å²) in [5.41, 5.74) is 1.73. The van der Waals surface area contributed by atoms with Gasteiger partial charge in [0.15, 0.2) is 11.5 Å². The van der Waals surface area contributed by atoms with E-state index in [0.717, 1.165) is 40.4 Å². The number of aliphatic imine (C=N–C) groups is 1. The molecule has 0 N–H and O–H groups in total. The van der Waals surface area contributed by atoms with Crippen molar-refractivity contribution >= 4 is 33.6 Å². The van der Waals surface area contributed by atoms with Crippen LogP contribution in [0.3, 0.4) is 0 Å². The van der Waals surface area contributed by atoms with E-state index in [4.69, 9.17) is 9.73 Å². The van der Waals surface area contributed by atoms with E-state index >= 15 is 0 Å². The summed E-state index contributed by atoms with van der Waals surface area (Å²) in [5.74, 6) is 2.31. The number of aromatic nitrogens is 2. The first kappa shape index (κ1) is 17.7. The van der Waals surface area contributed by atoms with E-state index in [1.807, 2.05) is 29.7 Å². The van der Waals surface area contributed by atoms with Crippen molar-refractivity contribution in [1.82, 2.24) is 14.5 Å². The number of methoxy groups -OCH3 is 1. The summed E-state index contributed by atoms with van der Waals surface area (Å²) < 4.78 is 8.16. The highest BCUT2D eigenvalue weighted by Gasteiger charge is 2.49. The number of fused-ring (bicyclic) bond motifs is 5. The van der Waals surface area contributed by atoms with Crippen molar-refractivity contribution in [3.63, 3.8) is 0 Å². The molecule has 3 aliphatic rings. The van der Waals surface area contributed by atoms with Gasteiger partial charge in [-0.3, -0.25) is 14.6 Å². The molecule has 1 aromatic heterocycles. The maximum Gasteiger partial charge on any atom is 0.281 e.